The van der Waals surface area contributed by atoms with E-state index in [1.807, 2.05) is 0 Å². The summed E-state index contributed by atoms with van der Waals surface area (Å²) in [6.07, 6.45) is 5.15. The Labute approximate surface area is 151 Å². The van der Waals surface area contributed by atoms with E-state index < -0.39 is 24.4 Å². The molecule has 0 saturated heterocycles. The van der Waals surface area contributed by atoms with E-state index in [0.717, 1.165) is 38.5 Å². The molecule has 0 radical (unpaired) electrons. The molecule has 25 heavy (non-hydrogen) atoms. The third kappa shape index (κ3) is 4.75. The molecule has 0 bridgehead atoms. The summed E-state index contributed by atoms with van der Waals surface area (Å²) < 4.78 is 42.0. The van der Waals surface area contributed by atoms with Gasteiger partial charge in [0, 0.05) is 17.8 Å². The average Bonchev–Trinajstić information content (AvgIpc) is 2.58. The lowest BCUT2D eigenvalue weighted by Gasteiger charge is -2.38. The molecule has 142 valence electrons. The standard InChI is InChI=1S/C22H33F3/c1-14-3-10-19(22(25)11-14)18-8-6-16(7-9-18)4-5-17-12-20(23)15(2)21(24)13-17/h14-22H,3,6-13H2,1-2H3. The van der Waals surface area contributed by atoms with Crippen LogP contribution in [0.1, 0.15) is 71.6 Å². The van der Waals surface area contributed by atoms with Crippen LogP contribution in [-0.4, -0.2) is 18.5 Å². The van der Waals surface area contributed by atoms with Gasteiger partial charge in [0.25, 0.3) is 0 Å². The maximum absolute atomic E-state index is 14.4. The lowest BCUT2D eigenvalue weighted by Crippen LogP contribution is -2.33. The number of hydrogen-bond acceptors (Lipinski definition) is 0. The Morgan fingerprint density at radius 1 is 0.640 bits per heavy atom. The van der Waals surface area contributed by atoms with E-state index in [9.17, 15) is 13.2 Å². The van der Waals surface area contributed by atoms with Crippen molar-refractivity contribution in [2.24, 2.45) is 35.5 Å². The molecule has 3 heteroatoms. The van der Waals surface area contributed by atoms with Gasteiger partial charge in [-0.2, -0.15) is 0 Å². The molecule has 5 unspecified atom stereocenters. The van der Waals surface area contributed by atoms with Crippen LogP contribution >= 0.6 is 0 Å². The molecule has 0 aromatic heterocycles. The summed E-state index contributed by atoms with van der Waals surface area (Å²) in [5, 5.41) is 0. The minimum absolute atomic E-state index is 0.131. The van der Waals surface area contributed by atoms with Crippen LogP contribution in [0.4, 0.5) is 13.2 Å². The van der Waals surface area contributed by atoms with Crippen molar-refractivity contribution in [1.29, 1.82) is 0 Å². The first kappa shape index (κ1) is 19.1. The fourth-order valence-electron chi connectivity index (χ4n) is 5.21. The molecule has 0 nitrogen and oxygen atoms in total. The SMILES string of the molecule is CC1CCC(C2CCC(C#CC3CC(F)C(C)C(F)C3)CC2)C(F)C1. The highest BCUT2D eigenvalue weighted by molar-refractivity contribution is 5.10. The van der Waals surface area contributed by atoms with E-state index in [1.165, 1.54) is 6.42 Å². The summed E-state index contributed by atoms with van der Waals surface area (Å²) in [4.78, 5) is 0. The molecule has 0 aromatic rings. The van der Waals surface area contributed by atoms with Crippen LogP contribution in [0, 0.1) is 47.3 Å². The molecule has 5 atom stereocenters. The fourth-order valence-corrected chi connectivity index (χ4v) is 5.21. The van der Waals surface area contributed by atoms with Gasteiger partial charge in [-0.25, -0.2) is 13.2 Å². The smallest absolute Gasteiger partial charge is 0.107 e. The zero-order valence-corrected chi connectivity index (χ0v) is 15.7. The van der Waals surface area contributed by atoms with Crippen molar-refractivity contribution >= 4 is 0 Å². The first-order valence-electron chi connectivity index (χ1n) is 10.4. The van der Waals surface area contributed by atoms with Crippen molar-refractivity contribution in [3.8, 4) is 11.8 Å². The van der Waals surface area contributed by atoms with Crippen LogP contribution in [0.2, 0.25) is 0 Å². The molecule has 0 amide bonds. The highest BCUT2D eigenvalue weighted by atomic mass is 19.1. The van der Waals surface area contributed by atoms with Crippen LogP contribution in [0.3, 0.4) is 0 Å². The van der Waals surface area contributed by atoms with Crippen LogP contribution < -0.4 is 0 Å². The van der Waals surface area contributed by atoms with E-state index in [-0.39, 0.29) is 11.8 Å². The number of alkyl halides is 3. The molecular weight excluding hydrogens is 321 g/mol. The van der Waals surface area contributed by atoms with Gasteiger partial charge in [0.1, 0.15) is 18.5 Å². The number of hydrogen-bond donors (Lipinski definition) is 0. The van der Waals surface area contributed by atoms with Crippen molar-refractivity contribution in [1.82, 2.24) is 0 Å². The van der Waals surface area contributed by atoms with Gasteiger partial charge in [-0.05, 0) is 69.1 Å². The van der Waals surface area contributed by atoms with E-state index in [1.54, 1.807) is 6.92 Å². The van der Waals surface area contributed by atoms with Gasteiger partial charge >= 0.3 is 0 Å². The quantitative estimate of drug-likeness (QED) is 0.485. The lowest BCUT2D eigenvalue weighted by atomic mass is 9.68. The molecular formula is C22H33F3. The van der Waals surface area contributed by atoms with Gasteiger partial charge < -0.3 is 0 Å². The second-order valence-corrected chi connectivity index (χ2v) is 9.06. The minimum Gasteiger partial charge on any atom is -0.247 e. The van der Waals surface area contributed by atoms with Gasteiger partial charge in [0.15, 0.2) is 0 Å². The first-order valence-corrected chi connectivity index (χ1v) is 10.4. The minimum atomic E-state index is -1.06. The molecule has 0 aromatic carbocycles. The zero-order valence-electron chi connectivity index (χ0n) is 15.7. The Morgan fingerprint density at radius 2 is 1.24 bits per heavy atom. The zero-order chi connectivity index (χ0) is 18.0. The van der Waals surface area contributed by atoms with Gasteiger partial charge in [-0.15, -0.1) is 0 Å². The average molecular weight is 355 g/mol. The van der Waals surface area contributed by atoms with E-state index in [0.29, 0.717) is 30.6 Å². The third-order valence-corrected chi connectivity index (χ3v) is 7.11. The van der Waals surface area contributed by atoms with Gasteiger partial charge in [0.2, 0.25) is 0 Å². The molecule has 0 aliphatic heterocycles. The normalized spacial score (nSPS) is 48.4. The monoisotopic (exact) mass is 354 g/mol. The Kier molecular flexibility index (Phi) is 6.39. The van der Waals surface area contributed by atoms with Gasteiger partial charge in [-0.3, -0.25) is 0 Å². The Bertz CT molecular complexity index is 473. The number of rotatable bonds is 1. The maximum atomic E-state index is 14.4. The summed E-state index contributed by atoms with van der Waals surface area (Å²) >= 11 is 0. The summed E-state index contributed by atoms with van der Waals surface area (Å²) in [6.45, 7) is 3.82. The summed E-state index contributed by atoms with van der Waals surface area (Å²) in [7, 11) is 0. The molecule has 3 aliphatic rings. The van der Waals surface area contributed by atoms with E-state index >= 15 is 0 Å². The van der Waals surface area contributed by atoms with Gasteiger partial charge in [-0.1, -0.05) is 32.1 Å². The highest BCUT2D eigenvalue weighted by Crippen LogP contribution is 2.42. The first-order chi connectivity index (χ1) is 11.9. The van der Waals surface area contributed by atoms with Crippen molar-refractivity contribution in [3.05, 3.63) is 0 Å². The Balaban J connectivity index is 1.47. The Morgan fingerprint density at radius 3 is 1.84 bits per heavy atom. The topological polar surface area (TPSA) is 0 Å². The van der Waals surface area contributed by atoms with Gasteiger partial charge in [0.05, 0.1) is 0 Å². The van der Waals surface area contributed by atoms with E-state index in [4.69, 9.17) is 0 Å². The number of halogens is 3. The molecule has 0 N–H and O–H groups in total. The molecule has 0 heterocycles. The maximum Gasteiger partial charge on any atom is 0.107 e. The molecule has 3 rings (SSSR count). The second-order valence-electron chi connectivity index (χ2n) is 9.06. The van der Waals surface area contributed by atoms with E-state index in [2.05, 4.69) is 18.8 Å². The van der Waals surface area contributed by atoms with Crippen LogP contribution in [-0.2, 0) is 0 Å². The van der Waals surface area contributed by atoms with Crippen molar-refractivity contribution in [3.63, 3.8) is 0 Å². The van der Waals surface area contributed by atoms with Crippen LogP contribution in [0.25, 0.3) is 0 Å². The summed E-state index contributed by atoms with van der Waals surface area (Å²) in [5.74, 6) is 7.52. The summed E-state index contributed by atoms with van der Waals surface area (Å²) in [5.41, 5.74) is 0. The molecule has 0 spiro atoms. The van der Waals surface area contributed by atoms with Crippen LogP contribution in [0.5, 0.6) is 0 Å². The highest BCUT2D eigenvalue weighted by Gasteiger charge is 2.37. The fraction of sp³-hybridized carbons (Fsp3) is 0.909. The third-order valence-electron chi connectivity index (χ3n) is 7.11. The van der Waals surface area contributed by atoms with Crippen molar-refractivity contribution in [2.75, 3.05) is 0 Å². The summed E-state index contributed by atoms with van der Waals surface area (Å²) in [6, 6.07) is 0. The lowest BCUT2D eigenvalue weighted by molar-refractivity contribution is 0.0666. The molecule has 3 aliphatic carbocycles. The molecule has 3 fully saturated rings. The van der Waals surface area contributed by atoms with Crippen LogP contribution in [0.15, 0.2) is 0 Å². The van der Waals surface area contributed by atoms with Crippen molar-refractivity contribution < 1.29 is 13.2 Å². The predicted molar refractivity (Wildman–Crippen MR) is 96.3 cm³/mol. The molecule has 3 saturated carbocycles. The Hall–Kier alpha value is -0.650. The second kappa shape index (κ2) is 8.36. The largest absolute Gasteiger partial charge is 0.247 e. The predicted octanol–water partition coefficient (Wildman–Crippen LogP) is 6.29. The van der Waals surface area contributed by atoms with Crippen molar-refractivity contribution in [2.45, 2.75) is 90.1 Å².